The van der Waals surface area contributed by atoms with Crippen LogP contribution in [-0.4, -0.2) is 50.8 Å². The van der Waals surface area contributed by atoms with E-state index in [1.165, 1.54) is 11.0 Å². The van der Waals surface area contributed by atoms with Gasteiger partial charge in [-0.2, -0.15) is 0 Å². The van der Waals surface area contributed by atoms with Crippen molar-refractivity contribution < 1.29 is 29.3 Å². The van der Waals surface area contributed by atoms with Crippen molar-refractivity contribution in [3.05, 3.63) is 77.2 Å². The summed E-state index contributed by atoms with van der Waals surface area (Å²) in [6.07, 6.45) is 2.42. The Hall–Kier alpha value is -3.85. The van der Waals surface area contributed by atoms with Gasteiger partial charge in [0.2, 0.25) is 0 Å². The highest BCUT2D eigenvalue weighted by molar-refractivity contribution is 8.18. The van der Waals surface area contributed by atoms with Crippen molar-refractivity contribution in [2.45, 2.75) is 19.4 Å². The lowest BCUT2D eigenvalue weighted by Crippen LogP contribution is -2.29. The van der Waals surface area contributed by atoms with Crippen molar-refractivity contribution in [3.63, 3.8) is 0 Å². The van der Waals surface area contributed by atoms with Gasteiger partial charge in [0.15, 0.2) is 11.3 Å². The minimum absolute atomic E-state index is 0.0204. The number of amidine groups is 1. The average molecular weight is 467 g/mol. The average Bonchev–Trinajstić information content (AvgIpc) is 3.07. The van der Waals surface area contributed by atoms with Crippen molar-refractivity contribution in [2.75, 3.05) is 6.54 Å². The van der Waals surface area contributed by atoms with Gasteiger partial charge in [0.1, 0.15) is 5.75 Å². The molecule has 0 radical (unpaired) electrons. The van der Waals surface area contributed by atoms with Crippen LogP contribution in [0.1, 0.15) is 29.3 Å². The maximum absolute atomic E-state index is 13.1. The Morgan fingerprint density at radius 3 is 2.55 bits per heavy atom. The highest BCUT2D eigenvalue weighted by atomic mass is 32.2. The number of hydrogen-bond acceptors (Lipinski definition) is 6. The van der Waals surface area contributed by atoms with Crippen LogP contribution in [0, 0.1) is 0 Å². The number of nitrogens with zero attached hydrogens (tertiary/aromatic N) is 2. The van der Waals surface area contributed by atoms with E-state index < -0.39 is 18.0 Å². The molecule has 1 unspecified atom stereocenters. The van der Waals surface area contributed by atoms with E-state index in [-0.39, 0.29) is 30.1 Å². The van der Waals surface area contributed by atoms with Crippen LogP contribution in [0.2, 0.25) is 0 Å². The fourth-order valence-corrected chi connectivity index (χ4v) is 4.04. The molecule has 2 N–H and O–H groups in total. The Bertz CT molecular complexity index is 1160. The molecule has 1 saturated heterocycles. The van der Waals surface area contributed by atoms with E-state index in [2.05, 4.69) is 11.6 Å². The number of carbonyl (C=O) groups is 3. The van der Waals surface area contributed by atoms with Crippen molar-refractivity contribution in [1.82, 2.24) is 4.90 Å². The molecule has 3 rings (SSSR count). The van der Waals surface area contributed by atoms with Gasteiger partial charge in [-0.1, -0.05) is 43.3 Å². The number of carbonyl (C=O) groups excluding carboxylic acids is 1. The number of rotatable bonds is 9. The smallest absolute Gasteiger partial charge is 0.344 e. The van der Waals surface area contributed by atoms with Gasteiger partial charge < -0.3 is 14.9 Å². The SMILES string of the molecule is C=CCN1C(=O)/C(=C/c2ccccc2OC(CC)C(=O)O)SC1=Nc1ccccc1C(=O)O. The van der Waals surface area contributed by atoms with Crippen LogP contribution in [0.25, 0.3) is 6.08 Å². The molecular formula is C24H22N2O6S. The molecule has 1 fully saturated rings. The van der Waals surface area contributed by atoms with Crippen LogP contribution in [0.15, 0.2) is 71.1 Å². The molecule has 0 aromatic heterocycles. The monoisotopic (exact) mass is 466 g/mol. The number of aliphatic carboxylic acids is 1. The molecule has 2 aromatic carbocycles. The molecule has 0 bridgehead atoms. The van der Waals surface area contributed by atoms with Gasteiger partial charge in [0.25, 0.3) is 5.91 Å². The summed E-state index contributed by atoms with van der Waals surface area (Å²) in [5, 5.41) is 19.1. The standard InChI is InChI=1S/C24H22N2O6S/c1-3-13-26-21(27)20(33-24(26)25-17-11-7-6-10-16(17)22(28)29)14-15-9-5-8-12-19(15)32-18(4-2)23(30)31/h3,5-12,14,18H,1,4,13H2,2H3,(H,28,29)(H,30,31)/b20-14-,25-24?. The Morgan fingerprint density at radius 1 is 1.18 bits per heavy atom. The minimum atomic E-state index is -1.12. The molecule has 9 heteroatoms. The second-order valence-corrected chi connectivity index (χ2v) is 7.93. The number of ether oxygens (including phenoxy) is 1. The van der Waals surface area contributed by atoms with E-state index in [0.717, 1.165) is 11.8 Å². The van der Waals surface area contributed by atoms with E-state index in [1.807, 2.05) is 0 Å². The molecule has 0 aliphatic carbocycles. The molecule has 2 aromatic rings. The maximum Gasteiger partial charge on any atom is 0.344 e. The highest BCUT2D eigenvalue weighted by Crippen LogP contribution is 2.36. The number of hydrogen-bond donors (Lipinski definition) is 2. The highest BCUT2D eigenvalue weighted by Gasteiger charge is 2.33. The largest absolute Gasteiger partial charge is 0.479 e. The first-order valence-corrected chi connectivity index (χ1v) is 10.9. The van der Waals surface area contributed by atoms with Crippen molar-refractivity contribution in [1.29, 1.82) is 0 Å². The van der Waals surface area contributed by atoms with Gasteiger partial charge in [-0.15, -0.1) is 6.58 Å². The van der Waals surface area contributed by atoms with Gasteiger partial charge >= 0.3 is 11.9 Å². The van der Waals surface area contributed by atoms with Gasteiger partial charge in [-0.3, -0.25) is 9.69 Å². The molecule has 1 amide bonds. The number of amides is 1. The number of carboxylic acids is 2. The molecule has 1 aliphatic heterocycles. The first kappa shape index (κ1) is 23.8. The number of para-hydroxylation sites is 2. The fourth-order valence-electron chi connectivity index (χ4n) is 3.05. The van der Waals surface area contributed by atoms with Crippen LogP contribution in [-0.2, 0) is 9.59 Å². The molecule has 8 nitrogen and oxygen atoms in total. The van der Waals surface area contributed by atoms with Crippen LogP contribution < -0.4 is 4.74 Å². The quantitative estimate of drug-likeness (QED) is 0.415. The van der Waals surface area contributed by atoms with Crippen LogP contribution in [0.3, 0.4) is 0 Å². The molecule has 170 valence electrons. The molecular weight excluding hydrogens is 444 g/mol. The van der Waals surface area contributed by atoms with Crippen LogP contribution in [0.4, 0.5) is 5.69 Å². The Morgan fingerprint density at radius 2 is 1.88 bits per heavy atom. The molecule has 1 heterocycles. The molecule has 0 saturated carbocycles. The maximum atomic E-state index is 13.1. The van der Waals surface area contributed by atoms with Gasteiger partial charge in [-0.25, -0.2) is 14.6 Å². The summed E-state index contributed by atoms with van der Waals surface area (Å²) in [5.74, 6) is -2.18. The normalized spacial score (nSPS) is 16.8. The van der Waals surface area contributed by atoms with E-state index >= 15 is 0 Å². The van der Waals surface area contributed by atoms with E-state index in [9.17, 15) is 24.6 Å². The van der Waals surface area contributed by atoms with Gasteiger partial charge in [0, 0.05) is 12.1 Å². The predicted molar refractivity (Wildman–Crippen MR) is 127 cm³/mol. The second-order valence-electron chi connectivity index (χ2n) is 6.92. The molecule has 1 aliphatic rings. The summed E-state index contributed by atoms with van der Waals surface area (Å²) in [5.41, 5.74) is 0.789. The summed E-state index contributed by atoms with van der Waals surface area (Å²) < 4.78 is 5.65. The zero-order chi connectivity index (χ0) is 24.0. The zero-order valence-electron chi connectivity index (χ0n) is 17.8. The van der Waals surface area contributed by atoms with Crippen LogP contribution in [0.5, 0.6) is 5.75 Å². The first-order valence-electron chi connectivity index (χ1n) is 10.1. The fraction of sp³-hybridized carbons (Fsp3) is 0.167. The molecule has 0 spiro atoms. The summed E-state index contributed by atoms with van der Waals surface area (Å²) in [4.78, 5) is 42.2. The number of aliphatic imine (C=N–C) groups is 1. The predicted octanol–water partition coefficient (Wildman–Crippen LogP) is 4.42. The van der Waals surface area contributed by atoms with Crippen LogP contribution >= 0.6 is 11.8 Å². The van der Waals surface area contributed by atoms with E-state index in [4.69, 9.17) is 4.74 Å². The zero-order valence-corrected chi connectivity index (χ0v) is 18.6. The Labute approximate surface area is 194 Å². The molecule has 1 atom stereocenters. The van der Waals surface area contributed by atoms with Crippen molar-refractivity contribution >= 4 is 46.5 Å². The van der Waals surface area contributed by atoms with Gasteiger partial charge in [-0.05, 0) is 42.5 Å². The number of aromatic carboxylic acids is 1. The van der Waals surface area contributed by atoms with E-state index in [0.29, 0.717) is 21.4 Å². The van der Waals surface area contributed by atoms with E-state index in [1.54, 1.807) is 61.5 Å². The minimum Gasteiger partial charge on any atom is -0.479 e. The van der Waals surface area contributed by atoms with Crippen molar-refractivity contribution in [2.24, 2.45) is 4.99 Å². The van der Waals surface area contributed by atoms with Gasteiger partial charge in [0.05, 0.1) is 16.2 Å². The first-order chi connectivity index (χ1) is 15.8. The summed E-state index contributed by atoms with van der Waals surface area (Å²) in [6, 6.07) is 13.1. The molecule has 33 heavy (non-hydrogen) atoms. The lowest BCUT2D eigenvalue weighted by molar-refractivity contribution is -0.145. The lowest BCUT2D eigenvalue weighted by Gasteiger charge is -2.15. The number of thioether (sulfide) groups is 1. The Balaban J connectivity index is 2.00. The van der Waals surface area contributed by atoms with Crippen molar-refractivity contribution in [3.8, 4) is 5.75 Å². The summed E-state index contributed by atoms with van der Waals surface area (Å²) in [6.45, 7) is 5.58. The number of carboxylic acid groups (broad SMARTS) is 2. The lowest BCUT2D eigenvalue weighted by atomic mass is 10.1. The number of benzene rings is 2. The topological polar surface area (TPSA) is 117 Å². The third-order valence-corrected chi connectivity index (χ3v) is 5.68. The second kappa shape index (κ2) is 10.6. The Kier molecular flexibility index (Phi) is 7.68. The summed E-state index contributed by atoms with van der Waals surface area (Å²) >= 11 is 1.09. The third kappa shape index (κ3) is 5.50. The summed E-state index contributed by atoms with van der Waals surface area (Å²) in [7, 11) is 0. The third-order valence-electron chi connectivity index (χ3n) is 4.67.